The van der Waals surface area contributed by atoms with Crippen LogP contribution in [0.5, 0.6) is 0 Å². The van der Waals surface area contributed by atoms with Crippen LogP contribution in [0.25, 0.3) is 0 Å². The van der Waals surface area contributed by atoms with Gasteiger partial charge >= 0.3 is 6.18 Å². The molecule has 0 atom stereocenters. The molecule has 0 heterocycles. The topological polar surface area (TPSA) is 46.2 Å². The SMILES string of the molecule is CCCCc1ccc(S(=O)(=O)Nc2cc(Br)cc(C(F)(F)F)c2)cc1. The van der Waals surface area contributed by atoms with Gasteiger partial charge in [0.2, 0.25) is 0 Å². The Hall–Kier alpha value is -1.54. The standard InChI is InChI=1S/C17H17BrF3NO2S/c1-2-3-4-12-5-7-16(8-6-12)25(23,24)22-15-10-13(17(19,20)21)9-14(18)11-15/h5-11,22H,2-4H2,1H3. The maximum atomic E-state index is 12.9. The minimum Gasteiger partial charge on any atom is -0.280 e. The molecule has 3 nitrogen and oxygen atoms in total. The number of anilines is 1. The van der Waals surface area contributed by atoms with Crippen LogP contribution in [0.3, 0.4) is 0 Å². The number of benzene rings is 2. The fourth-order valence-corrected chi connectivity index (χ4v) is 3.78. The molecule has 136 valence electrons. The molecule has 0 aromatic heterocycles. The number of aryl methyl sites for hydroxylation is 1. The molecule has 0 saturated heterocycles. The number of rotatable bonds is 6. The quantitative estimate of drug-likeness (QED) is 0.640. The first-order valence-electron chi connectivity index (χ1n) is 7.61. The molecule has 8 heteroatoms. The van der Waals surface area contributed by atoms with Gasteiger partial charge in [-0.15, -0.1) is 0 Å². The van der Waals surface area contributed by atoms with E-state index < -0.39 is 21.8 Å². The second kappa shape index (κ2) is 7.78. The molecule has 0 aliphatic carbocycles. The van der Waals surface area contributed by atoms with Crippen molar-refractivity contribution in [1.29, 1.82) is 0 Å². The maximum Gasteiger partial charge on any atom is 0.416 e. The lowest BCUT2D eigenvalue weighted by Gasteiger charge is -2.12. The van der Waals surface area contributed by atoms with Crippen molar-refractivity contribution >= 4 is 31.6 Å². The summed E-state index contributed by atoms with van der Waals surface area (Å²) in [5, 5.41) is 0. The summed E-state index contributed by atoms with van der Waals surface area (Å²) in [6.45, 7) is 2.07. The third-order valence-electron chi connectivity index (χ3n) is 3.53. The Labute approximate surface area is 153 Å². The molecule has 0 aliphatic rings. The van der Waals surface area contributed by atoms with Crippen molar-refractivity contribution in [2.75, 3.05) is 4.72 Å². The fourth-order valence-electron chi connectivity index (χ4n) is 2.24. The molecule has 2 rings (SSSR count). The summed E-state index contributed by atoms with van der Waals surface area (Å²) < 4.78 is 65.7. The number of hydrogen-bond acceptors (Lipinski definition) is 2. The predicted octanol–water partition coefficient (Wildman–Crippen LogP) is 5.61. The summed E-state index contributed by atoms with van der Waals surface area (Å²) in [4.78, 5) is 0.00119. The van der Waals surface area contributed by atoms with Crippen LogP contribution in [0.1, 0.15) is 30.9 Å². The molecular formula is C17H17BrF3NO2S. The van der Waals surface area contributed by atoms with E-state index in [0.717, 1.165) is 37.0 Å². The van der Waals surface area contributed by atoms with Crippen LogP contribution < -0.4 is 4.72 Å². The van der Waals surface area contributed by atoms with Crippen LogP contribution in [0.15, 0.2) is 51.8 Å². The molecule has 0 amide bonds. The Morgan fingerprint density at radius 1 is 1.08 bits per heavy atom. The number of unbranched alkanes of at least 4 members (excludes halogenated alkanes) is 1. The molecule has 0 radical (unpaired) electrons. The Bertz CT molecular complexity index is 834. The van der Waals surface area contributed by atoms with Crippen LogP contribution in [0.4, 0.5) is 18.9 Å². The van der Waals surface area contributed by atoms with Gasteiger partial charge in [-0.3, -0.25) is 4.72 Å². The Kier molecular flexibility index (Phi) is 6.16. The van der Waals surface area contributed by atoms with Gasteiger partial charge in [0.05, 0.1) is 16.1 Å². The average molecular weight is 436 g/mol. The predicted molar refractivity (Wildman–Crippen MR) is 95.0 cm³/mol. The molecule has 0 bridgehead atoms. The van der Waals surface area contributed by atoms with Gasteiger partial charge in [0.1, 0.15) is 0 Å². The first-order chi connectivity index (χ1) is 11.6. The summed E-state index contributed by atoms with van der Waals surface area (Å²) in [5.74, 6) is 0. The zero-order valence-electron chi connectivity index (χ0n) is 13.4. The van der Waals surface area contributed by atoms with Gasteiger partial charge in [0, 0.05) is 4.47 Å². The van der Waals surface area contributed by atoms with Crippen molar-refractivity contribution in [3.05, 3.63) is 58.1 Å². The summed E-state index contributed by atoms with van der Waals surface area (Å²) in [6.07, 6.45) is -1.68. The van der Waals surface area contributed by atoms with E-state index in [2.05, 4.69) is 27.6 Å². The minimum absolute atomic E-state index is 0.00119. The van der Waals surface area contributed by atoms with Crippen LogP contribution in [-0.4, -0.2) is 8.42 Å². The molecule has 0 spiro atoms. The molecule has 0 unspecified atom stereocenters. The number of alkyl halides is 3. The van der Waals surface area contributed by atoms with Gasteiger partial charge in [-0.2, -0.15) is 13.2 Å². The van der Waals surface area contributed by atoms with E-state index in [-0.39, 0.29) is 15.1 Å². The maximum absolute atomic E-state index is 12.9. The van der Waals surface area contributed by atoms with Crippen molar-refractivity contribution < 1.29 is 21.6 Å². The third-order valence-corrected chi connectivity index (χ3v) is 5.39. The van der Waals surface area contributed by atoms with Gasteiger partial charge in [0.15, 0.2) is 0 Å². The lowest BCUT2D eigenvalue weighted by Crippen LogP contribution is -2.14. The number of nitrogens with one attached hydrogen (secondary N) is 1. The molecule has 0 fully saturated rings. The largest absolute Gasteiger partial charge is 0.416 e. The zero-order valence-corrected chi connectivity index (χ0v) is 15.8. The molecule has 0 aliphatic heterocycles. The van der Waals surface area contributed by atoms with Crippen LogP contribution >= 0.6 is 15.9 Å². The first kappa shape index (κ1) is 19.8. The van der Waals surface area contributed by atoms with Crippen molar-refractivity contribution in [2.45, 2.75) is 37.3 Å². The summed E-state index contributed by atoms with van der Waals surface area (Å²) in [7, 11) is -3.97. The number of hydrogen-bond donors (Lipinski definition) is 1. The molecule has 0 saturated carbocycles. The van der Waals surface area contributed by atoms with Gasteiger partial charge < -0.3 is 0 Å². The van der Waals surface area contributed by atoms with Gasteiger partial charge in [-0.25, -0.2) is 8.42 Å². The third kappa shape index (κ3) is 5.47. The van der Waals surface area contributed by atoms with E-state index in [1.54, 1.807) is 12.1 Å². The molecule has 2 aromatic rings. The van der Waals surface area contributed by atoms with Gasteiger partial charge in [0.25, 0.3) is 10.0 Å². The highest BCUT2D eigenvalue weighted by molar-refractivity contribution is 9.10. The lowest BCUT2D eigenvalue weighted by molar-refractivity contribution is -0.137. The highest BCUT2D eigenvalue weighted by Crippen LogP contribution is 2.34. The smallest absolute Gasteiger partial charge is 0.280 e. The molecule has 1 N–H and O–H groups in total. The minimum atomic E-state index is -4.56. The highest BCUT2D eigenvalue weighted by atomic mass is 79.9. The Balaban J connectivity index is 2.25. The van der Waals surface area contributed by atoms with Crippen molar-refractivity contribution in [3.63, 3.8) is 0 Å². The van der Waals surface area contributed by atoms with E-state index in [9.17, 15) is 21.6 Å². The van der Waals surface area contributed by atoms with Crippen molar-refractivity contribution in [2.24, 2.45) is 0 Å². The van der Waals surface area contributed by atoms with Gasteiger partial charge in [-0.1, -0.05) is 41.4 Å². The second-order valence-corrected chi connectivity index (χ2v) is 8.18. The van der Waals surface area contributed by atoms with Crippen molar-refractivity contribution in [1.82, 2.24) is 0 Å². The van der Waals surface area contributed by atoms with E-state index in [4.69, 9.17) is 0 Å². The summed E-state index contributed by atoms with van der Waals surface area (Å²) in [6, 6.07) is 9.27. The zero-order chi connectivity index (χ0) is 18.7. The van der Waals surface area contributed by atoms with E-state index in [1.165, 1.54) is 18.2 Å². The summed E-state index contributed by atoms with van der Waals surface area (Å²) >= 11 is 2.97. The normalized spacial score (nSPS) is 12.2. The lowest BCUT2D eigenvalue weighted by atomic mass is 10.1. The van der Waals surface area contributed by atoms with Crippen LogP contribution in [-0.2, 0) is 22.6 Å². The Morgan fingerprint density at radius 3 is 2.28 bits per heavy atom. The fraction of sp³-hybridized carbons (Fsp3) is 0.294. The summed E-state index contributed by atoms with van der Waals surface area (Å²) in [5.41, 5.74) is -0.0751. The number of sulfonamides is 1. The molecular weight excluding hydrogens is 419 g/mol. The Morgan fingerprint density at radius 2 is 1.72 bits per heavy atom. The van der Waals surface area contributed by atoms with Crippen molar-refractivity contribution in [3.8, 4) is 0 Å². The average Bonchev–Trinajstić information content (AvgIpc) is 2.51. The molecule has 2 aromatic carbocycles. The second-order valence-electron chi connectivity index (χ2n) is 5.58. The van der Waals surface area contributed by atoms with E-state index >= 15 is 0 Å². The molecule has 25 heavy (non-hydrogen) atoms. The van der Waals surface area contributed by atoms with Crippen LogP contribution in [0.2, 0.25) is 0 Å². The first-order valence-corrected chi connectivity index (χ1v) is 9.89. The van der Waals surface area contributed by atoms with Gasteiger partial charge in [-0.05, 0) is 48.7 Å². The highest BCUT2D eigenvalue weighted by Gasteiger charge is 2.31. The van der Waals surface area contributed by atoms with E-state index in [0.29, 0.717) is 0 Å². The van der Waals surface area contributed by atoms with E-state index in [1.807, 2.05) is 0 Å². The van der Waals surface area contributed by atoms with Crippen LogP contribution in [0, 0.1) is 0 Å². The monoisotopic (exact) mass is 435 g/mol. The number of halogens is 4.